The van der Waals surface area contributed by atoms with Gasteiger partial charge >= 0.3 is 0 Å². The van der Waals surface area contributed by atoms with Gasteiger partial charge in [-0.05, 0) is 44.4 Å². The highest BCUT2D eigenvalue weighted by molar-refractivity contribution is 5.95. The van der Waals surface area contributed by atoms with Gasteiger partial charge in [-0.3, -0.25) is 14.3 Å². The highest BCUT2D eigenvalue weighted by Gasteiger charge is 2.27. The van der Waals surface area contributed by atoms with Crippen LogP contribution in [0.5, 0.6) is 0 Å². The molecule has 2 aliphatic rings. The number of benzene rings is 1. The van der Waals surface area contributed by atoms with Crippen molar-refractivity contribution in [2.75, 3.05) is 26.2 Å². The second kappa shape index (κ2) is 6.94. The van der Waals surface area contributed by atoms with E-state index in [-0.39, 0.29) is 11.8 Å². The molecule has 0 saturated carbocycles. The molecule has 6 heteroatoms. The molecular weight excluding hydrogens is 328 g/mol. The number of piperazine rings is 1. The van der Waals surface area contributed by atoms with Crippen molar-refractivity contribution in [3.63, 3.8) is 0 Å². The van der Waals surface area contributed by atoms with E-state index in [0.717, 1.165) is 30.6 Å². The van der Waals surface area contributed by atoms with Crippen molar-refractivity contribution in [2.24, 2.45) is 0 Å². The SMILES string of the molecule is Cc1ccc(C(=O)N2CCN(C(=O)c3cc4n(n3)CCCC4)CC2)cc1. The summed E-state index contributed by atoms with van der Waals surface area (Å²) in [5, 5.41) is 4.48. The molecule has 0 radical (unpaired) electrons. The van der Waals surface area contributed by atoms with Gasteiger partial charge in [-0.25, -0.2) is 0 Å². The van der Waals surface area contributed by atoms with Crippen molar-refractivity contribution in [1.82, 2.24) is 19.6 Å². The Morgan fingerprint density at radius 1 is 0.885 bits per heavy atom. The monoisotopic (exact) mass is 352 g/mol. The maximum Gasteiger partial charge on any atom is 0.274 e. The van der Waals surface area contributed by atoms with Crippen molar-refractivity contribution in [2.45, 2.75) is 32.7 Å². The van der Waals surface area contributed by atoms with Crippen LogP contribution in [-0.2, 0) is 13.0 Å². The number of aromatic nitrogens is 2. The molecule has 6 nitrogen and oxygen atoms in total. The molecule has 2 amide bonds. The lowest BCUT2D eigenvalue weighted by Gasteiger charge is -2.34. The zero-order valence-electron chi connectivity index (χ0n) is 15.1. The van der Waals surface area contributed by atoms with Gasteiger partial charge in [0.1, 0.15) is 0 Å². The maximum atomic E-state index is 12.7. The lowest BCUT2D eigenvalue weighted by Crippen LogP contribution is -2.50. The van der Waals surface area contributed by atoms with E-state index >= 15 is 0 Å². The van der Waals surface area contributed by atoms with Crippen LogP contribution in [-0.4, -0.2) is 57.6 Å². The second-order valence-corrected chi connectivity index (χ2v) is 7.15. The summed E-state index contributed by atoms with van der Waals surface area (Å²) in [6.07, 6.45) is 3.29. The molecule has 2 aromatic rings. The Balaban J connectivity index is 1.38. The quantitative estimate of drug-likeness (QED) is 0.832. The molecule has 2 aliphatic heterocycles. The summed E-state index contributed by atoms with van der Waals surface area (Å²) in [4.78, 5) is 29.0. The number of hydrogen-bond acceptors (Lipinski definition) is 3. The average Bonchev–Trinajstić information content (AvgIpc) is 3.12. The molecule has 0 unspecified atom stereocenters. The first-order valence-electron chi connectivity index (χ1n) is 9.34. The Hall–Kier alpha value is -2.63. The summed E-state index contributed by atoms with van der Waals surface area (Å²) >= 11 is 0. The third kappa shape index (κ3) is 3.23. The van der Waals surface area contributed by atoms with Gasteiger partial charge in [0.15, 0.2) is 5.69 Å². The summed E-state index contributed by atoms with van der Waals surface area (Å²) in [5.74, 6) is 0.0175. The van der Waals surface area contributed by atoms with Crippen LogP contribution in [0.15, 0.2) is 30.3 Å². The lowest BCUT2D eigenvalue weighted by atomic mass is 10.1. The highest BCUT2D eigenvalue weighted by atomic mass is 16.2. The first-order valence-corrected chi connectivity index (χ1v) is 9.34. The van der Waals surface area contributed by atoms with Crippen LogP contribution in [0, 0.1) is 6.92 Å². The Morgan fingerprint density at radius 2 is 1.54 bits per heavy atom. The van der Waals surface area contributed by atoms with E-state index in [1.54, 1.807) is 0 Å². The molecule has 0 aliphatic carbocycles. The Labute approximate surface area is 153 Å². The third-order valence-corrected chi connectivity index (χ3v) is 5.29. The molecule has 1 aromatic heterocycles. The van der Waals surface area contributed by atoms with Crippen molar-refractivity contribution in [3.8, 4) is 0 Å². The van der Waals surface area contributed by atoms with Crippen LogP contribution in [0.3, 0.4) is 0 Å². The van der Waals surface area contributed by atoms with E-state index in [4.69, 9.17) is 0 Å². The molecule has 1 saturated heterocycles. The van der Waals surface area contributed by atoms with E-state index in [1.165, 1.54) is 6.42 Å². The lowest BCUT2D eigenvalue weighted by molar-refractivity contribution is 0.0532. The van der Waals surface area contributed by atoms with Crippen LogP contribution < -0.4 is 0 Å². The zero-order valence-corrected chi connectivity index (χ0v) is 15.1. The number of fused-ring (bicyclic) bond motifs is 1. The minimum atomic E-state index is -0.0191. The fourth-order valence-corrected chi connectivity index (χ4v) is 3.68. The number of aryl methyl sites for hydroxylation is 3. The van der Waals surface area contributed by atoms with Gasteiger partial charge in [0.25, 0.3) is 11.8 Å². The van der Waals surface area contributed by atoms with Gasteiger partial charge in [-0.1, -0.05) is 17.7 Å². The normalized spacial score (nSPS) is 17.1. The molecule has 1 fully saturated rings. The summed E-state index contributed by atoms with van der Waals surface area (Å²) in [5.41, 5.74) is 3.55. The predicted octanol–water partition coefficient (Wildman–Crippen LogP) is 2.13. The Morgan fingerprint density at radius 3 is 2.19 bits per heavy atom. The van der Waals surface area contributed by atoms with Crippen LogP contribution in [0.1, 0.15) is 44.9 Å². The van der Waals surface area contributed by atoms with E-state index in [1.807, 2.05) is 51.7 Å². The van der Waals surface area contributed by atoms with Crippen molar-refractivity contribution >= 4 is 11.8 Å². The van der Waals surface area contributed by atoms with E-state index < -0.39 is 0 Å². The second-order valence-electron chi connectivity index (χ2n) is 7.15. The standard InChI is InChI=1S/C20H24N4O2/c1-15-5-7-16(8-6-15)19(25)22-10-12-23(13-11-22)20(26)18-14-17-4-2-3-9-24(17)21-18/h5-8,14H,2-4,9-13H2,1H3. The van der Waals surface area contributed by atoms with Crippen molar-refractivity contribution in [1.29, 1.82) is 0 Å². The molecule has 1 aromatic carbocycles. The molecule has 26 heavy (non-hydrogen) atoms. The third-order valence-electron chi connectivity index (χ3n) is 5.29. The summed E-state index contributed by atoms with van der Waals surface area (Å²) in [6, 6.07) is 9.57. The minimum Gasteiger partial charge on any atom is -0.335 e. The molecule has 0 bridgehead atoms. The molecule has 0 N–H and O–H groups in total. The molecule has 3 heterocycles. The fourth-order valence-electron chi connectivity index (χ4n) is 3.68. The van der Waals surface area contributed by atoms with Crippen molar-refractivity contribution in [3.05, 3.63) is 52.8 Å². The first-order chi connectivity index (χ1) is 12.6. The van der Waals surface area contributed by atoms with Gasteiger partial charge in [0.05, 0.1) is 0 Å². The predicted molar refractivity (Wildman–Crippen MR) is 98.2 cm³/mol. The fraction of sp³-hybridized carbons (Fsp3) is 0.450. The smallest absolute Gasteiger partial charge is 0.274 e. The molecule has 136 valence electrons. The van der Waals surface area contributed by atoms with Gasteiger partial charge in [0, 0.05) is 44.0 Å². The largest absolute Gasteiger partial charge is 0.335 e. The number of amides is 2. The van der Waals surface area contributed by atoms with Gasteiger partial charge in [-0.15, -0.1) is 0 Å². The van der Waals surface area contributed by atoms with Gasteiger partial charge < -0.3 is 9.80 Å². The Kier molecular flexibility index (Phi) is 4.49. The van der Waals surface area contributed by atoms with E-state index in [0.29, 0.717) is 37.4 Å². The topological polar surface area (TPSA) is 58.4 Å². The number of carbonyl (C=O) groups excluding carboxylic acids is 2. The van der Waals surface area contributed by atoms with E-state index in [2.05, 4.69) is 5.10 Å². The van der Waals surface area contributed by atoms with Gasteiger partial charge in [0.2, 0.25) is 0 Å². The zero-order chi connectivity index (χ0) is 18.1. The summed E-state index contributed by atoms with van der Waals surface area (Å²) in [7, 11) is 0. The van der Waals surface area contributed by atoms with Gasteiger partial charge in [-0.2, -0.15) is 5.10 Å². The number of nitrogens with zero attached hydrogens (tertiary/aromatic N) is 4. The van der Waals surface area contributed by atoms with Crippen molar-refractivity contribution < 1.29 is 9.59 Å². The van der Waals surface area contributed by atoms with Crippen LogP contribution in [0.2, 0.25) is 0 Å². The first kappa shape index (κ1) is 16.8. The van der Waals surface area contributed by atoms with Crippen LogP contribution in [0.25, 0.3) is 0 Å². The molecular formula is C20H24N4O2. The summed E-state index contributed by atoms with van der Waals surface area (Å²) < 4.78 is 1.97. The minimum absolute atomic E-state index is 0.0191. The molecule has 0 atom stereocenters. The highest BCUT2D eigenvalue weighted by Crippen LogP contribution is 2.17. The number of carbonyl (C=O) groups is 2. The van der Waals surface area contributed by atoms with E-state index in [9.17, 15) is 9.59 Å². The van der Waals surface area contributed by atoms with Crippen LogP contribution >= 0.6 is 0 Å². The Bertz CT molecular complexity index is 793. The number of hydrogen-bond donors (Lipinski definition) is 0. The average molecular weight is 352 g/mol. The maximum absolute atomic E-state index is 12.7. The summed E-state index contributed by atoms with van der Waals surface area (Å²) in [6.45, 7) is 5.14. The van der Waals surface area contributed by atoms with Crippen LogP contribution in [0.4, 0.5) is 0 Å². The molecule has 0 spiro atoms. The number of rotatable bonds is 2. The molecule has 4 rings (SSSR count).